The maximum Gasteiger partial charge on any atom is 0.326 e. The van der Waals surface area contributed by atoms with Crippen molar-refractivity contribution in [1.29, 1.82) is 0 Å². The third-order valence-electron chi connectivity index (χ3n) is 1.40. The largest absolute Gasteiger partial charge is 0.480 e. The van der Waals surface area contributed by atoms with Crippen LogP contribution in [0.3, 0.4) is 0 Å². The second-order valence-corrected chi connectivity index (χ2v) is 2.82. The smallest absolute Gasteiger partial charge is 0.326 e. The van der Waals surface area contributed by atoms with E-state index in [2.05, 4.69) is 11.9 Å². The SMILES string of the molecule is C=C(C)C(=O)N[C@@H](CC(N)=O)C(=O)O. The number of carbonyl (C=O) groups is 3. The van der Waals surface area contributed by atoms with E-state index < -0.39 is 30.2 Å². The Morgan fingerprint density at radius 2 is 2.00 bits per heavy atom. The summed E-state index contributed by atoms with van der Waals surface area (Å²) in [7, 11) is 0. The van der Waals surface area contributed by atoms with Gasteiger partial charge in [0.05, 0.1) is 6.42 Å². The molecule has 0 fully saturated rings. The minimum atomic E-state index is -1.31. The summed E-state index contributed by atoms with van der Waals surface area (Å²) in [5.41, 5.74) is 4.97. The van der Waals surface area contributed by atoms with Gasteiger partial charge < -0.3 is 16.2 Å². The highest BCUT2D eigenvalue weighted by atomic mass is 16.4. The van der Waals surface area contributed by atoms with E-state index in [-0.39, 0.29) is 5.57 Å². The molecule has 0 aliphatic heterocycles. The lowest BCUT2D eigenvalue weighted by Gasteiger charge is -2.12. The number of amides is 2. The van der Waals surface area contributed by atoms with Crippen molar-refractivity contribution in [1.82, 2.24) is 5.32 Å². The van der Waals surface area contributed by atoms with Crippen LogP contribution in [0.1, 0.15) is 13.3 Å². The van der Waals surface area contributed by atoms with Gasteiger partial charge in [0, 0.05) is 5.57 Å². The molecule has 2 amide bonds. The van der Waals surface area contributed by atoms with E-state index in [0.29, 0.717) is 0 Å². The molecule has 0 spiro atoms. The van der Waals surface area contributed by atoms with Gasteiger partial charge in [-0.1, -0.05) is 6.58 Å². The monoisotopic (exact) mass is 200 g/mol. The molecule has 0 bridgehead atoms. The fourth-order valence-corrected chi connectivity index (χ4v) is 0.683. The first-order valence-electron chi connectivity index (χ1n) is 3.82. The fourth-order valence-electron chi connectivity index (χ4n) is 0.683. The molecule has 78 valence electrons. The van der Waals surface area contributed by atoms with E-state index >= 15 is 0 Å². The predicted molar refractivity (Wildman–Crippen MR) is 48.2 cm³/mol. The zero-order valence-corrected chi connectivity index (χ0v) is 7.74. The van der Waals surface area contributed by atoms with Crippen LogP contribution in [0.2, 0.25) is 0 Å². The second-order valence-electron chi connectivity index (χ2n) is 2.82. The molecule has 0 radical (unpaired) electrons. The van der Waals surface area contributed by atoms with E-state index in [1.165, 1.54) is 6.92 Å². The van der Waals surface area contributed by atoms with Gasteiger partial charge in [-0.15, -0.1) is 0 Å². The first-order valence-corrected chi connectivity index (χ1v) is 3.82. The Kier molecular flexibility index (Phi) is 4.34. The number of hydrogen-bond acceptors (Lipinski definition) is 3. The number of carboxylic acids is 1. The molecule has 0 saturated heterocycles. The van der Waals surface area contributed by atoms with Crippen molar-refractivity contribution in [2.75, 3.05) is 0 Å². The first kappa shape index (κ1) is 12.2. The van der Waals surface area contributed by atoms with Crippen molar-refractivity contribution in [3.05, 3.63) is 12.2 Å². The Bertz CT molecular complexity index is 285. The molecule has 0 saturated carbocycles. The van der Waals surface area contributed by atoms with Crippen LogP contribution in [0.15, 0.2) is 12.2 Å². The quantitative estimate of drug-likeness (QED) is 0.495. The van der Waals surface area contributed by atoms with Crippen molar-refractivity contribution in [2.45, 2.75) is 19.4 Å². The lowest BCUT2D eigenvalue weighted by molar-refractivity contribution is -0.142. The molecule has 0 aromatic heterocycles. The fraction of sp³-hybridized carbons (Fsp3) is 0.375. The Balaban J connectivity index is 4.38. The zero-order chi connectivity index (χ0) is 11.3. The Hall–Kier alpha value is -1.85. The van der Waals surface area contributed by atoms with E-state index in [1.807, 2.05) is 0 Å². The maximum atomic E-state index is 11.0. The molecule has 6 heteroatoms. The molecule has 6 nitrogen and oxygen atoms in total. The van der Waals surface area contributed by atoms with Crippen molar-refractivity contribution >= 4 is 17.8 Å². The van der Waals surface area contributed by atoms with Gasteiger partial charge in [0.2, 0.25) is 11.8 Å². The van der Waals surface area contributed by atoms with Crippen molar-refractivity contribution in [2.24, 2.45) is 5.73 Å². The average Bonchev–Trinajstić information content (AvgIpc) is 2.01. The van der Waals surface area contributed by atoms with Gasteiger partial charge in [0.25, 0.3) is 0 Å². The molecule has 14 heavy (non-hydrogen) atoms. The third-order valence-corrected chi connectivity index (χ3v) is 1.40. The van der Waals surface area contributed by atoms with Crippen molar-refractivity contribution in [3.8, 4) is 0 Å². The predicted octanol–water partition coefficient (Wildman–Crippen LogP) is -0.993. The number of aliphatic carboxylic acids is 1. The Morgan fingerprint density at radius 3 is 2.29 bits per heavy atom. The molecule has 0 aromatic rings. The summed E-state index contributed by atoms with van der Waals surface area (Å²) in [6.45, 7) is 4.75. The van der Waals surface area contributed by atoms with Crippen molar-refractivity contribution < 1.29 is 19.5 Å². The number of carboxylic acid groups (broad SMARTS) is 1. The average molecular weight is 200 g/mol. The molecular formula is C8H12N2O4. The van der Waals surface area contributed by atoms with Crippen LogP contribution in [0.5, 0.6) is 0 Å². The minimum Gasteiger partial charge on any atom is -0.480 e. The van der Waals surface area contributed by atoms with Gasteiger partial charge >= 0.3 is 5.97 Å². The molecule has 0 unspecified atom stereocenters. The van der Waals surface area contributed by atoms with Gasteiger partial charge in [-0.25, -0.2) is 4.79 Å². The molecule has 0 rings (SSSR count). The topological polar surface area (TPSA) is 109 Å². The van der Waals surface area contributed by atoms with Crippen LogP contribution >= 0.6 is 0 Å². The van der Waals surface area contributed by atoms with Crippen LogP contribution in [-0.4, -0.2) is 28.9 Å². The van der Waals surface area contributed by atoms with Crippen LogP contribution in [0, 0.1) is 0 Å². The number of nitrogens with two attached hydrogens (primary N) is 1. The summed E-state index contributed by atoms with van der Waals surface area (Å²) in [5, 5.41) is 10.7. The standard InChI is InChI=1S/C8H12N2O4/c1-4(2)7(12)10-5(8(13)14)3-6(9)11/h5H,1,3H2,2H3,(H2,9,11)(H,10,12)(H,13,14)/t5-/m0/s1. The molecule has 0 aromatic carbocycles. The summed E-state index contributed by atoms with van der Waals surface area (Å²) < 4.78 is 0. The van der Waals surface area contributed by atoms with Gasteiger partial charge in [0.1, 0.15) is 6.04 Å². The van der Waals surface area contributed by atoms with Crippen LogP contribution < -0.4 is 11.1 Å². The summed E-state index contributed by atoms with van der Waals surface area (Å²) in [5.74, 6) is -2.71. The highest BCUT2D eigenvalue weighted by Gasteiger charge is 2.21. The lowest BCUT2D eigenvalue weighted by Crippen LogP contribution is -2.43. The highest BCUT2D eigenvalue weighted by Crippen LogP contribution is 1.95. The van der Waals surface area contributed by atoms with E-state index in [4.69, 9.17) is 10.8 Å². The van der Waals surface area contributed by atoms with Gasteiger partial charge in [-0.05, 0) is 6.92 Å². The van der Waals surface area contributed by atoms with E-state index in [0.717, 1.165) is 0 Å². The third kappa shape index (κ3) is 4.24. The molecule has 0 heterocycles. The highest BCUT2D eigenvalue weighted by molar-refractivity contribution is 5.96. The normalized spacial score (nSPS) is 11.5. The minimum absolute atomic E-state index is 0.167. The van der Waals surface area contributed by atoms with Gasteiger partial charge in [-0.2, -0.15) is 0 Å². The molecular weight excluding hydrogens is 188 g/mol. The van der Waals surface area contributed by atoms with Crippen molar-refractivity contribution in [3.63, 3.8) is 0 Å². The summed E-state index contributed by atoms with van der Waals surface area (Å²) in [6, 6.07) is -1.29. The second kappa shape index (κ2) is 5.00. The lowest BCUT2D eigenvalue weighted by atomic mass is 10.2. The summed E-state index contributed by atoms with van der Waals surface area (Å²) in [6.07, 6.45) is -0.436. The van der Waals surface area contributed by atoms with Crippen LogP contribution in [0.4, 0.5) is 0 Å². The number of carbonyl (C=O) groups excluding carboxylic acids is 2. The van der Waals surface area contributed by atoms with Gasteiger partial charge in [-0.3, -0.25) is 9.59 Å². The van der Waals surface area contributed by atoms with Crippen LogP contribution in [0.25, 0.3) is 0 Å². The van der Waals surface area contributed by atoms with E-state index in [1.54, 1.807) is 0 Å². The Morgan fingerprint density at radius 1 is 1.50 bits per heavy atom. The molecule has 1 atom stereocenters. The Labute approximate surface area is 80.8 Å². The molecule has 0 aliphatic carbocycles. The summed E-state index contributed by atoms with van der Waals surface area (Å²) in [4.78, 5) is 32.0. The number of rotatable bonds is 5. The van der Waals surface area contributed by atoms with Crippen LogP contribution in [-0.2, 0) is 14.4 Å². The number of hydrogen-bond donors (Lipinski definition) is 3. The summed E-state index contributed by atoms with van der Waals surface area (Å²) >= 11 is 0. The zero-order valence-electron chi connectivity index (χ0n) is 7.74. The molecule has 4 N–H and O–H groups in total. The molecule has 0 aliphatic rings. The number of primary amides is 1. The maximum absolute atomic E-state index is 11.0. The number of nitrogens with one attached hydrogen (secondary N) is 1. The first-order chi connectivity index (χ1) is 6.34. The van der Waals surface area contributed by atoms with Gasteiger partial charge in [0.15, 0.2) is 0 Å². The van der Waals surface area contributed by atoms with E-state index in [9.17, 15) is 14.4 Å².